The number of fused-ring (bicyclic) bond motifs is 1. The lowest BCUT2D eigenvalue weighted by Crippen LogP contribution is -2.38. The number of ether oxygens (including phenoxy) is 1. The minimum Gasteiger partial charge on any atom is -0.491 e. The molecule has 2 atom stereocenters. The van der Waals surface area contributed by atoms with Crippen molar-refractivity contribution in [2.45, 2.75) is 50.9 Å². The predicted octanol–water partition coefficient (Wildman–Crippen LogP) is 2.20. The van der Waals surface area contributed by atoms with E-state index in [0.717, 1.165) is 5.75 Å². The molecule has 98 valence electrons. The van der Waals surface area contributed by atoms with Gasteiger partial charge in [0.05, 0.1) is 6.17 Å². The molecule has 0 bridgehead atoms. The molecule has 3 rings (SSSR count). The smallest absolute Gasteiger partial charge is 0.119 e. The lowest BCUT2D eigenvalue weighted by Gasteiger charge is -2.23. The van der Waals surface area contributed by atoms with E-state index in [1.165, 1.54) is 31.2 Å². The quantitative estimate of drug-likeness (QED) is 0.858. The SMILES string of the molecule is Cc1ccc(OCC2NC3CCCCC3N2)cc1. The zero-order valence-electron chi connectivity index (χ0n) is 11.0. The van der Waals surface area contributed by atoms with Crippen LogP contribution in [0.25, 0.3) is 0 Å². The van der Waals surface area contributed by atoms with Crippen molar-refractivity contribution in [3.8, 4) is 5.75 Å². The average Bonchev–Trinajstić information content (AvgIpc) is 2.81. The van der Waals surface area contributed by atoms with Gasteiger partial charge in [-0.2, -0.15) is 0 Å². The molecule has 2 fully saturated rings. The third-order valence-electron chi connectivity index (χ3n) is 4.03. The van der Waals surface area contributed by atoms with Gasteiger partial charge in [0.1, 0.15) is 12.4 Å². The van der Waals surface area contributed by atoms with E-state index in [-0.39, 0.29) is 0 Å². The molecular weight excluding hydrogens is 224 g/mol. The van der Waals surface area contributed by atoms with Crippen molar-refractivity contribution >= 4 is 0 Å². The van der Waals surface area contributed by atoms with Gasteiger partial charge >= 0.3 is 0 Å². The zero-order valence-corrected chi connectivity index (χ0v) is 11.0. The predicted molar refractivity (Wildman–Crippen MR) is 72.8 cm³/mol. The highest BCUT2D eigenvalue weighted by Gasteiger charge is 2.34. The topological polar surface area (TPSA) is 33.3 Å². The van der Waals surface area contributed by atoms with Crippen molar-refractivity contribution in [1.29, 1.82) is 0 Å². The van der Waals surface area contributed by atoms with Gasteiger partial charge in [0.15, 0.2) is 0 Å². The summed E-state index contributed by atoms with van der Waals surface area (Å²) in [5.74, 6) is 0.957. The second-order valence-corrected chi connectivity index (χ2v) is 5.51. The van der Waals surface area contributed by atoms with E-state index in [4.69, 9.17) is 4.74 Å². The van der Waals surface area contributed by atoms with Crippen LogP contribution in [0.5, 0.6) is 5.75 Å². The highest BCUT2D eigenvalue weighted by molar-refractivity contribution is 5.26. The average molecular weight is 246 g/mol. The maximum absolute atomic E-state index is 5.83. The molecule has 1 aliphatic heterocycles. The van der Waals surface area contributed by atoms with Gasteiger partial charge in [0.25, 0.3) is 0 Å². The van der Waals surface area contributed by atoms with E-state index in [0.29, 0.717) is 24.9 Å². The number of nitrogens with one attached hydrogen (secondary N) is 2. The molecule has 0 aromatic heterocycles. The summed E-state index contributed by atoms with van der Waals surface area (Å²) in [4.78, 5) is 0. The molecule has 2 N–H and O–H groups in total. The molecule has 2 unspecified atom stereocenters. The van der Waals surface area contributed by atoms with Crippen molar-refractivity contribution in [2.24, 2.45) is 0 Å². The van der Waals surface area contributed by atoms with Crippen LogP contribution in [0, 0.1) is 6.92 Å². The Balaban J connectivity index is 1.50. The third kappa shape index (κ3) is 2.68. The van der Waals surface area contributed by atoms with Crippen LogP contribution in [0.1, 0.15) is 31.2 Å². The van der Waals surface area contributed by atoms with E-state index in [9.17, 15) is 0 Å². The second kappa shape index (κ2) is 5.29. The maximum atomic E-state index is 5.83. The Kier molecular flexibility index (Phi) is 3.52. The highest BCUT2D eigenvalue weighted by Crippen LogP contribution is 2.23. The summed E-state index contributed by atoms with van der Waals surface area (Å²) in [7, 11) is 0. The first-order valence-electron chi connectivity index (χ1n) is 7.03. The molecule has 3 heteroatoms. The Hall–Kier alpha value is -1.06. The van der Waals surface area contributed by atoms with Gasteiger partial charge in [-0.05, 0) is 31.9 Å². The minimum atomic E-state index is 0.305. The third-order valence-corrected chi connectivity index (χ3v) is 4.03. The molecule has 2 aliphatic rings. The van der Waals surface area contributed by atoms with Gasteiger partial charge in [-0.25, -0.2) is 0 Å². The van der Waals surface area contributed by atoms with Crippen LogP contribution in [-0.4, -0.2) is 24.9 Å². The first-order valence-corrected chi connectivity index (χ1v) is 7.03. The molecule has 3 nitrogen and oxygen atoms in total. The summed E-state index contributed by atoms with van der Waals surface area (Å²) in [5, 5.41) is 7.28. The van der Waals surface area contributed by atoms with Crippen LogP contribution in [0.15, 0.2) is 24.3 Å². The molecule has 1 saturated heterocycles. The summed E-state index contributed by atoms with van der Waals surface area (Å²) < 4.78 is 5.83. The Labute approximate surface area is 109 Å². The highest BCUT2D eigenvalue weighted by atomic mass is 16.5. The van der Waals surface area contributed by atoms with Crippen LogP contribution in [0.2, 0.25) is 0 Å². The van der Waals surface area contributed by atoms with Gasteiger partial charge in [-0.1, -0.05) is 30.5 Å². The normalized spacial score (nSPS) is 31.1. The van der Waals surface area contributed by atoms with Crippen molar-refractivity contribution in [3.63, 3.8) is 0 Å². The second-order valence-electron chi connectivity index (χ2n) is 5.51. The monoisotopic (exact) mass is 246 g/mol. The van der Waals surface area contributed by atoms with Crippen LogP contribution in [0.4, 0.5) is 0 Å². The molecule has 1 saturated carbocycles. The number of benzene rings is 1. The van der Waals surface area contributed by atoms with E-state index >= 15 is 0 Å². The van der Waals surface area contributed by atoms with Crippen molar-refractivity contribution in [1.82, 2.24) is 10.6 Å². The summed E-state index contributed by atoms with van der Waals surface area (Å²) in [6, 6.07) is 9.57. The van der Waals surface area contributed by atoms with E-state index in [2.05, 4.69) is 29.7 Å². The molecule has 1 aromatic carbocycles. The Bertz CT molecular complexity index is 376. The molecular formula is C15H22N2O. The molecule has 18 heavy (non-hydrogen) atoms. The number of aryl methyl sites for hydroxylation is 1. The summed E-state index contributed by atoms with van der Waals surface area (Å²) in [6.07, 6.45) is 5.64. The first-order chi connectivity index (χ1) is 8.81. The van der Waals surface area contributed by atoms with E-state index < -0.39 is 0 Å². The van der Waals surface area contributed by atoms with Gasteiger partial charge in [-0.15, -0.1) is 0 Å². The van der Waals surface area contributed by atoms with Crippen LogP contribution >= 0.6 is 0 Å². The molecule has 0 radical (unpaired) electrons. The van der Waals surface area contributed by atoms with Gasteiger partial charge in [0.2, 0.25) is 0 Å². The molecule has 1 heterocycles. The van der Waals surface area contributed by atoms with Gasteiger partial charge in [0, 0.05) is 12.1 Å². The minimum absolute atomic E-state index is 0.305. The van der Waals surface area contributed by atoms with Crippen molar-refractivity contribution < 1.29 is 4.74 Å². The zero-order chi connectivity index (χ0) is 12.4. The maximum Gasteiger partial charge on any atom is 0.119 e. The first kappa shape index (κ1) is 12.0. The van der Waals surface area contributed by atoms with Crippen molar-refractivity contribution in [2.75, 3.05) is 6.61 Å². The molecule has 1 aromatic rings. The molecule has 0 amide bonds. The molecule has 1 aliphatic carbocycles. The summed E-state index contributed by atoms with van der Waals surface area (Å²) in [5.41, 5.74) is 1.27. The largest absolute Gasteiger partial charge is 0.491 e. The van der Waals surface area contributed by atoms with Gasteiger partial charge < -0.3 is 4.74 Å². The molecule has 0 spiro atoms. The Morgan fingerprint density at radius 2 is 1.67 bits per heavy atom. The lowest BCUT2D eigenvalue weighted by molar-refractivity contribution is 0.260. The standard InChI is InChI=1S/C15H22N2O/c1-11-6-8-12(9-7-11)18-10-15-16-13-4-2-3-5-14(13)17-15/h6-9,13-17H,2-5,10H2,1H3. The van der Waals surface area contributed by atoms with E-state index in [1.807, 2.05) is 12.1 Å². The fraction of sp³-hybridized carbons (Fsp3) is 0.600. The fourth-order valence-corrected chi connectivity index (χ4v) is 3.01. The summed E-state index contributed by atoms with van der Waals surface area (Å²) in [6.45, 7) is 2.80. The number of rotatable bonds is 3. The summed E-state index contributed by atoms with van der Waals surface area (Å²) >= 11 is 0. The van der Waals surface area contributed by atoms with Crippen LogP contribution < -0.4 is 15.4 Å². The van der Waals surface area contributed by atoms with E-state index in [1.54, 1.807) is 0 Å². The van der Waals surface area contributed by atoms with Gasteiger partial charge in [-0.3, -0.25) is 10.6 Å². The van der Waals surface area contributed by atoms with Crippen LogP contribution in [0.3, 0.4) is 0 Å². The lowest BCUT2D eigenvalue weighted by atomic mass is 9.92. The number of hydrogen-bond acceptors (Lipinski definition) is 3. The van der Waals surface area contributed by atoms with Crippen LogP contribution in [-0.2, 0) is 0 Å². The Morgan fingerprint density at radius 1 is 1.06 bits per heavy atom. The van der Waals surface area contributed by atoms with Crippen molar-refractivity contribution in [3.05, 3.63) is 29.8 Å². The Morgan fingerprint density at radius 3 is 2.28 bits per heavy atom. The fourth-order valence-electron chi connectivity index (χ4n) is 3.01. The number of hydrogen-bond donors (Lipinski definition) is 2.